The maximum atomic E-state index is 10.9. The number of rotatable bonds is 5. The Morgan fingerprint density at radius 3 is 2.62 bits per heavy atom. The summed E-state index contributed by atoms with van der Waals surface area (Å²) in [6.07, 6.45) is 0. The first-order valence-electron chi connectivity index (χ1n) is 5.98. The van der Waals surface area contributed by atoms with E-state index in [1.807, 2.05) is 0 Å². The third kappa shape index (κ3) is 3.57. The van der Waals surface area contributed by atoms with Crippen LogP contribution in [-0.4, -0.2) is 16.0 Å². The Morgan fingerprint density at radius 1 is 1.29 bits per heavy atom. The van der Waals surface area contributed by atoms with E-state index < -0.39 is 10.9 Å². The SMILES string of the molecule is O=C(O)c1ccc(NCc2ccccc2[N+](=O)[O-])c(Br)c1. The van der Waals surface area contributed by atoms with E-state index in [0.29, 0.717) is 15.7 Å². The Kier molecular flexibility index (Phi) is 4.54. The summed E-state index contributed by atoms with van der Waals surface area (Å²) in [5, 5.41) is 22.9. The molecule has 6 nitrogen and oxygen atoms in total. The molecule has 0 radical (unpaired) electrons. The van der Waals surface area contributed by atoms with E-state index in [4.69, 9.17) is 5.11 Å². The van der Waals surface area contributed by atoms with E-state index in [1.54, 1.807) is 24.3 Å². The van der Waals surface area contributed by atoms with Gasteiger partial charge in [-0.2, -0.15) is 0 Å². The Morgan fingerprint density at radius 2 is 2.00 bits per heavy atom. The highest BCUT2D eigenvalue weighted by Crippen LogP contribution is 2.25. The minimum absolute atomic E-state index is 0.0447. The standard InChI is InChI=1S/C14H11BrN2O4/c15-11-7-9(14(18)19)5-6-12(11)16-8-10-3-1-2-4-13(10)17(20)21/h1-7,16H,8H2,(H,18,19). The number of hydrogen-bond donors (Lipinski definition) is 2. The Labute approximate surface area is 128 Å². The topological polar surface area (TPSA) is 92.5 Å². The number of nitrogens with one attached hydrogen (secondary N) is 1. The lowest BCUT2D eigenvalue weighted by atomic mass is 10.1. The number of benzene rings is 2. The van der Waals surface area contributed by atoms with Crippen LogP contribution in [0.15, 0.2) is 46.9 Å². The average Bonchev–Trinajstić information content (AvgIpc) is 2.46. The second kappa shape index (κ2) is 6.36. The van der Waals surface area contributed by atoms with E-state index in [0.717, 1.165) is 0 Å². The third-order valence-corrected chi connectivity index (χ3v) is 3.53. The number of anilines is 1. The predicted octanol–water partition coefficient (Wildman–Crippen LogP) is 3.67. The largest absolute Gasteiger partial charge is 0.478 e. The summed E-state index contributed by atoms with van der Waals surface area (Å²) >= 11 is 3.28. The Hall–Kier alpha value is -2.41. The van der Waals surface area contributed by atoms with Gasteiger partial charge in [0.2, 0.25) is 0 Å². The highest BCUT2D eigenvalue weighted by atomic mass is 79.9. The number of carbonyl (C=O) groups is 1. The third-order valence-electron chi connectivity index (χ3n) is 2.87. The smallest absolute Gasteiger partial charge is 0.335 e. The molecule has 2 rings (SSSR count). The summed E-state index contributed by atoms with van der Waals surface area (Å²) in [6.45, 7) is 0.266. The summed E-state index contributed by atoms with van der Waals surface area (Å²) in [7, 11) is 0. The molecule has 108 valence electrons. The predicted molar refractivity (Wildman–Crippen MR) is 81.5 cm³/mol. The van der Waals surface area contributed by atoms with Crippen molar-refractivity contribution < 1.29 is 14.8 Å². The molecule has 0 atom stereocenters. The molecule has 7 heteroatoms. The van der Waals surface area contributed by atoms with Gasteiger partial charge in [0.1, 0.15) is 0 Å². The van der Waals surface area contributed by atoms with Crippen LogP contribution in [0.5, 0.6) is 0 Å². The molecule has 2 aromatic rings. The lowest BCUT2D eigenvalue weighted by molar-refractivity contribution is -0.385. The van der Waals surface area contributed by atoms with Gasteiger partial charge in [0.15, 0.2) is 0 Å². The fourth-order valence-corrected chi connectivity index (χ4v) is 2.34. The first-order valence-corrected chi connectivity index (χ1v) is 6.77. The molecule has 0 aliphatic rings. The van der Waals surface area contributed by atoms with E-state index in [-0.39, 0.29) is 17.8 Å². The first kappa shape index (κ1) is 15.0. The molecule has 0 fully saturated rings. The molecule has 21 heavy (non-hydrogen) atoms. The highest BCUT2D eigenvalue weighted by Gasteiger charge is 2.12. The second-order valence-corrected chi connectivity index (χ2v) is 5.09. The van der Waals surface area contributed by atoms with Crippen molar-refractivity contribution in [2.75, 3.05) is 5.32 Å². The molecule has 0 saturated heterocycles. The number of para-hydroxylation sites is 1. The highest BCUT2D eigenvalue weighted by molar-refractivity contribution is 9.10. The number of hydrogen-bond acceptors (Lipinski definition) is 4. The van der Waals surface area contributed by atoms with Crippen molar-refractivity contribution in [1.29, 1.82) is 0 Å². The van der Waals surface area contributed by atoms with Crippen molar-refractivity contribution in [3.8, 4) is 0 Å². The van der Waals surface area contributed by atoms with E-state index in [9.17, 15) is 14.9 Å². The molecule has 0 aliphatic heterocycles. The van der Waals surface area contributed by atoms with Gasteiger partial charge in [0.05, 0.1) is 10.5 Å². The van der Waals surface area contributed by atoms with E-state index in [1.165, 1.54) is 18.2 Å². The number of carboxylic acid groups (broad SMARTS) is 1. The van der Waals surface area contributed by atoms with Crippen molar-refractivity contribution in [2.24, 2.45) is 0 Å². The fourth-order valence-electron chi connectivity index (χ4n) is 1.82. The minimum Gasteiger partial charge on any atom is -0.478 e. The number of aromatic carboxylic acids is 1. The molecule has 0 bridgehead atoms. The first-order chi connectivity index (χ1) is 9.99. The number of nitrogens with zero attached hydrogens (tertiary/aromatic N) is 1. The number of halogens is 1. The second-order valence-electron chi connectivity index (χ2n) is 4.24. The van der Waals surface area contributed by atoms with Gasteiger partial charge in [-0.05, 0) is 34.1 Å². The van der Waals surface area contributed by atoms with Crippen LogP contribution in [0.4, 0.5) is 11.4 Å². The molecule has 0 aliphatic carbocycles. The summed E-state index contributed by atoms with van der Waals surface area (Å²) in [6, 6.07) is 11.0. The zero-order valence-corrected chi connectivity index (χ0v) is 12.3. The molecule has 0 amide bonds. The monoisotopic (exact) mass is 350 g/mol. The molecular formula is C14H11BrN2O4. The average molecular weight is 351 g/mol. The Bertz CT molecular complexity index is 703. The van der Waals surface area contributed by atoms with Crippen molar-refractivity contribution in [2.45, 2.75) is 6.54 Å². The summed E-state index contributed by atoms with van der Waals surface area (Å²) in [5.41, 5.74) is 1.43. The van der Waals surface area contributed by atoms with Crippen LogP contribution in [0.2, 0.25) is 0 Å². The number of nitro groups is 1. The zero-order valence-electron chi connectivity index (χ0n) is 10.7. The molecule has 0 heterocycles. The number of nitro benzene ring substituents is 1. The van der Waals surface area contributed by atoms with Crippen molar-refractivity contribution in [3.05, 3.63) is 68.2 Å². The van der Waals surface area contributed by atoms with Gasteiger partial charge >= 0.3 is 5.97 Å². The normalized spacial score (nSPS) is 10.1. The lowest BCUT2D eigenvalue weighted by Gasteiger charge is -2.09. The van der Waals surface area contributed by atoms with Crippen LogP contribution >= 0.6 is 15.9 Å². The fraction of sp³-hybridized carbons (Fsp3) is 0.0714. The van der Waals surface area contributed by atoms with Crippen LogP contribution in [0.3, 0.4) is 0 Å². The van der Waals surface area contributed by atoms with Gasteiger partial charge in [-0.15, -0.1) is 0 Å². The van der Waals surface area contributed by atoms with Crippen LogP contribution in [0.25, 0.3) is 0 Å². The summed E-state index contributed by atoms with van der Waals surface area (Å²) in [5.74, 6) is -1.01. The summed E-state index contributed by atoms with van der Waals surface area (Å²) < 4.78 is 0.584. The molecule has 2 N–H and O–H groups in total. The molecule has 0 unspecified atom stereocenters. The number of carboxylic acids is 1. The molecular weight excluding hydrogens is 340 g/mol. The van der Waals surface area contributed by atoms with Crippen LogP contribution in [-0.2, 0) is 6.54 Å². The molecule has 2 aromatic carbocycles. The van der Waals surface area contributed by atoms with Gasteiger partial charge in [0.25, 0.3) is 5.69 Å². The molecule has 0 spiro atoms. The molecule has 0 saturated carbocycles. The Balaban J connectivity index is 2.17. The van der Waals surface area contributed by atoms with E-state index in [2.05, 4.69) is 21.2 Å². The lowest BCUT2D eigenvalue weighted by Crippen LogP contribution is -2.04. The van der Waals surface area contributed by atoms with Gasteiger partial charge in [-0.3, -0.25) is 10.1 Å². The van der Waals surface area contributed by atoms with Gasteiger partial charge in [-0.1, -0.05) is 18.2 Å². The van der Waals surface area contributed by atoms with Crippen LogP contribution < -0.4 is 5.32 Å². The quantitative estimate of drug-likeness (QED) is 0.633. The van der Waals surface area contributed by atoms with E-state index >= 15 is 0 Å². The maximum absolute atomic E-state index is 10.9. The van der Waals surface area contributed by atoms with Gasteiger partial charge < -0.3 is 10.4 Å². The van der Waals surface area contributed by atoms with Crippen LogP contribution in [0, 0.1) is 10.1 Å². The van der Waals surface area contributed by atoms with Crippen molar-refractivity contribution in [3.63, 3.8) is 0 Å². The molecule has 0 aromatic heterocycles. The van der Waals surface area contributed by atoms with Gasteiger partial charge in [-0.25, -0.2) is 4.79 Å². The minimum atomic E-state index is -1.01. The summed E-state index contributed by atoms with van der Waals surface area (Å²) in [4.78, 5) is 21.3. The van der Waals surface area contributed by atoms with Crippen LogP contribution in [0.1, 0.15) is 15.9 Å². The van der Waals surface area contributed by atoms with Crippen molar-refractivity contribution >= 4 is 33.3 Å². The van der Waals surface area contributed by atoms with Gasteiger partial charge in [0, 0.05) is 28.3 Å². The zero-order chi connectivity index (χ0) is 15.4. The maximum Gasteiger partial charge on any atom is 0.335 e. The van der Waals surface area contributed by atoms with Crippen molar-refractivity contribution in [1.82, 2.24) is 0 Å².